The van der Waals surface area contributed by atoms with Crippen molar-refractivity contribution in [3.05, 3.63) is 18.1 Å². The van der Waals surface area contributed by atoms with Crippen LogP contribution in [0.25, 0.3) is 0 Å². The first-order chi connectivity index (χ1) is 9.01. The summed E-state index contributed by atoms with van der Waals surface area (Å²) in [7, 11) is 0. The number of aromatic nitrogens is 2. The van der Waals surface area contributed by atoms with Crippen molar-refractivity contribution in [1.29, 1.82) is 0 Å². The highest BCUT2D eigenvalue weighted by Gasteiger charge is 2.09. The summed E-state index contributed by atoms with van der Waals surface area (Å²) in [4.78, 5) is 8.62. The largest absolute Gasteiger partial charge is 0.477 e. The van der Waals surface area contributed by atoms with Gasteiger partial charge in [-0.2, -0.15) is 0 Å². The molecule has 1 heterocycles. The third-order valence-electron chi connectivity index (χ3n) is 2.71. The van der Waals surface area contributed by atoms with Gasteiger partial charge >= 0.3 is 0 Å². The zero-order chi connectivity index (χ0) is 14.1. The summed E-state index contributed by atoms with van der Waals surface area (Å²) >= 11 is 0. The second kappa shape index (κ2) is 8.10. The van der Waals surface area contributed by atoms with Crippen molar-refractivity contribution < 1.29 is 4.74 Å². The van der Waals surface area contributed by atoms with Crippen molar-refractivity contribution in [1.82, 2.24) is 15.3 Å². The van der Waals surface area contributed by atoms with E-state index in [4.69, 9.17) is 4.74 Å². The first-order valence-electron chi connectivity index (χ1n) is 7.20. The summed E-state index contributed by atoms with van der Waals surface area (Å²) in [5.41, 5.74) is 1.000. The maximum atomic E-state index is 5.62. The Labute approximate surface area is 117 Å². The van der Waals surface area contributed by atoms with Crippen LogP contribution >= 0.6 is 0 Å². The van der Waals surface area contributed by atoms with Gasteiger partial charge in [0, 0.05) is 18.3 Å². The quantitative estimate of drug-likeness (QED) is 0.732. The topological polar surface area (TPSA) is 47.0 Å². The Morgan fingerprint density at radius 2 is 1.95 bits per heavy atom. The molecule has 0 atom stereocenters. The normalized spacial score (nSPS) is 11.6. The summed E-state index contributed by atoms with van der Waals surface area (Å²) in [6, 6.07) is 0. The first-order valence-corrected chi connectivity index (χ1v) is 7.20. The molecular weight excluding hydrogens is 238 g/mol. The Kier molecular flexibility index (Phi) is 6.78. The van der Waals surface area contributed by atoms with E-state index >= 15 is 0 Å². The molecule has 0 amide bonds. The Morgan fingerprint density at radius 3 is 2.63 bits per heavy atom. The van der Waals surface area contributed by atoms with Crippen LogP contribution < -0.4 is 10.1 Å². The van der Waals surface area contributed by atoms with Gasteiger partial charge in [-0.3, -0.25) is 4.98 Å². The lowest BCUT2D eigenvalue weighted by Crippen LogP contribution is -2.35. The SMILES string of the molecule is CCCCCCOc1cncc(CNC(C)(C)C)n1. The van der Waals surface area contributed by atoms with Crippen molar-refractivity contribution in [2.45, 2.75) is 65.5 Å². The smallest absolute Gasteiger partial charge is 0.232 e. The molecule has 1 aromatic heterocycles. The third kappa shape index (κ3) is 7.78. The Morgan fingerprint density at radius 1 is 1.16 bits per heavy atom. The van der Waals surface area contributed by atoms with E-state index in [1.165, 1.54) is 19.3 Å². The van der Waals surface area contributed by atoms with Crippen molar-refractivity contribution in [3.63, 3.8) is 0 Å². The van der Waals surface area contributed by atoms with Crippen LogP contribution in [0.3, 0.4) is 0 Å². The van der Waals surface area contributed by atoms with Crippen LogP contribution in [-0.2, 0) is 6.54 Å². The fourth-order valence-corrected chi connectivity index (χ4v) is 1.60. The lowest BCUT2D eigenvalue weighted by atomic mass is 10.1. The van der Waals surface area contributed by atoms with Gasteiger partial charge < -0.3 is 10.1 Å². The van der Waals surface area contributed by atoms with E-state index in [2.05, 4.69) is 43.0 Å². The highest BCUT2D eigenvalue weighted by molar-refractivity contribution is 5.08. The minimum atomic E-state index is 0.0820. The predicted molar refractivity (Wildman–Crippen MR) is 78.3 cm³/mol. The summed E-state index contributed by atoms with van der Waals surface area (Å²) in [6.45, 7) is 10.0. The van der Waals surface area contributed by atoms with E-state index in [0.29, 0.717) is 12.4 Å². The molecule has 0 fully saturated rings. The van der Waals surface area contributed by atoms with Gasteiger partial charge in [0.1, 0.15) is 0 Å². The van der Waals surface area contributed by atoms with Crippen LogP contribution in [0, 0.1) is 0 Å². The monoisotopic (exact) mass is 265 g/mol. The van der Waals surface area contributed by atoms with E-state index in [1.54, 1.807) is 12.4 Å². The Bertz CT molecular complexity index is 361. The standard InChI is InChI=1S/C15H27N3O/c1-5-6-7-8-9-19-14-12-16-10-13(18-14)11-17-15(2,3)4/h10,12,17H,5-9,11H2,1-4H3. The summed E-state index contributed by atoms with van der Waals surface area (Å²) in [5.74, 6) is 0.629. The molecule has 0 unspecified atom stereocenters. The molecule has 1 N–H and O–H groups in total. The van der Waals surface area contributed by atoms with Gasteiger partial charge in [0.05, 0.1) is 18.5 Å². The maximum absolute atomic E-state index is 5.62. The molecule has 0 aliphatic carbocycles. The van der Waals surface area contributed by atoms with Gasteiger partial charge in [0.15, 0.2) is 0 Å². The number of nitrogens with one attached hydrogen (secondary N) is 1. The van der Waals surface area contributed by atoms with Crippen molar-refractivity contribution in [2.75, 3.05) is 6.61 Å². The zero-order valence-corrected chi connectivity index (χ0v) is 12.7. The summed E-state index contributed by atoms with van der Waals surface area (Å²) in [6.07, 6.45) is 8.27. The van der Waals surface area contributed by atoms with Gasteiger partial charge in [0.25, 0.3) is 0 Å². The highest BCUT2D eigenvalue weighted by Crippen LogP contribution is 2.08. The summed E-state index contributed by atoms with van der Waals surface area (Å²) in [5, 5.41) is 3.39. The van der Waals surface area contributed by atoms with E-state index in [0.717, 1.165) is 18.7 Å². The average Bonchev–Trinajstić information content (AvgIpc) is 2.36. The second-order valence-electron chi connectivity index (χ2n) is 5.86. The fraction of sp³-hybridized carbons (Fsp3) is 0.733. The molecule has 0 aliphatic rings. The lowest BCUT2D eigenvalue weighted by Gasteiger charge is -2.20. The van der Waals surface area contributed by atoms with E-state index in [1.807, 2.05) is 0 Å². The van der Waals surface area contributed by atoms with Crippen LogP contribution in [0.4, 0.5) is 0 Å². The Hall–Kier alpha value is -1.16. The molecule has 0 bridgehead atoms. The van der Waals surface area contributed by atoms with Gasteiger partial charge in [-0.15, -0.1) is 0 Å². The predicted octanol–water partition coefficient (Wildman–Crippen LogP) is 3.32. The van der Waals surface area contributed by atoms with Crippen LogP contribution in [-0.4, -0.2) is 22.1 Å². The molecule has 108 valence electrons. The molecule has 0 aliphatic heterocycles. The molecule has 1 rings (SSSR count). The first kappa shape index (κ1) is 15.9. The Balaban J connectivity index is 2.35. The molecule has 4 nitrogen and oxygen atoms in total. The molecule has 1 aromatic rings. The van der Waals surface area contributed by atoms with Gasteiger partial charge in [-0.1, -0.05) is 26.2 Å². The third-order valence-corrected chi connectivity index (χ3v) is 2.71. The van der Waals surface area contributed by atoms with Gasteiger partial charge in [-0.25, -0.2) is 4.98 Å². The minimum absolute atomic E-state index is 0.0820. The average molecular weight is 265 g/mol. The van der Waals surface area contributed by atoms with E-state index in [9.17, 15) is 0 Å². The molecule has 0 aromatic carbocycles. The van der Waals surface area contributed by atoms with E-state index < -0.39 is 0 Å². The number of rotatable bonds is 8. The minimum Gasteiger partial charge on any atom is -0.477 e. The molecule has 0 radical (unpaired) electrons. The molecule has 0 saturated carbocycles. The number of nitrogens with zero attached hydrogens (tertiary/aromatic N) is 2. The van der Waals surface area contributed by atoms with Crippen LogP contribution in [0.2, 0.25) is 0 Å². The number of unbranched alkanes of at least 4 members (excludes halogenated alkanes) is 3. The van der Waals surface area contributed by atoms with Crippen molar-refractivity contribution in [3.8, 4) is 5.88 Å². The van der Waals surface area contributed by atoms with Gasteiger partial charge in [0.2, 0.25) is 5.88 Å². The zero-order valence-electron chi connectivity index (χ0n) is 12.7. The highest BCUT2D eigenvalue weighted by atomic mass is 16.5. The maximum Gasteiger partial charge on any atom is 0.232 e. The van der Waals surface area contributed by atoms with Gasteiger partial charge in [-0.05, 0) is 27.2 Å². The molecular formula is C15H27N3O. The van der Waals surface area contributed by atoms with Crippen LogP contribution in [0.5, 0.6) is 5.88 Å². The van der Waals surface area contributed by atoms with Crippen molar-refractivity contribution in [2.24, 2.45) is 0 Å². The van der Waals surface area contributed by atoms with Crippen molar-refractivity contribution >= 4 is 0 Å². The second-order valence-corrected chi connectivity index (χ2v) is 5.86. The molecule has 4 heteroatoms. The van der Waals surface area contributed by atoms with Crippen LogP contribution in [0.1, 0.15) is 59.1 Å². The molecule has 19 heavy (non-hydrogen) atoms. The van der Waals surface area contributed by atoms with Crippen LogP contribution in [0.15, 0.2) is 12.4 Å². The number of hydrogen-bond donors (Lipinski definition) is 1. The lowest BCUT2D eigenvalue weighted by molar-refractivity contribution is 0.291. The molecule has 0 saturated heterocycles. The number of hydrogen-bond acceptors (Lipinski definition) is 4. The van der Waals surface area contributed by atoms with E-state index in [-0.39, 0.29) is 5.54 Å². The fourth-order valence-electron chi connectivity index (χ4n) is 1.60. The summed E-state index contributed by atoms with van der Waals surface area (Å²) < 4.78 is 5.62. The number of ether oxygens (including phenoxy) is 1. The molecule has 0 spiro atoms.